The fraction of sp³-hybridized carbons (Fsp3) is 0.250. The van der Waals surface area contributed by atoms with Crippen molar-refractivity contribution in [1.29, 1.82) is 5.26 Å². The number of hydrogen-bond donors (Lipinski definition) is 0. The Morgan fingerprint density at radius 1 is 1.50 bits per heavy atom. The molecule has 0 aliphatic heterocycles. The molecule has 52 valence electrons. The molecule has 0 saturated carbocycles. The number of rotatable bonds is 0. The normalized spacial score (nSPS) is 6.90. The topological polar surface area (TPSA) is 36.7 Å². The lowest BCUT2D eigenvalue weighted by atomic mass is 10.4. The molecule has 10 heavy (non-hydrogen) atoms. The fourth-order valence-electron chi connectivity index (χ4n) is 0.448. The summed E-state index contributed by atoms with van der Waals surface area (Å²) in [4.78, 5) is 3.98. The van der Waals surface area contributed by atoms with Crippen LogP contribution in [-0.4, -0.2) is 4.98 Å². The summed E-state index contributed by atoms with van der Waals surface area (Å²) in [5, 5.41) is 7.32. The first-order valence-electron chi connectivity index (χ1n) is 2.99. The van der Waals surface area contributed by atoms with E-state index in [1.165, 1.54) is 6.92 Å². The Morgan fingerprint density at radius 3 is 2.30 bits per heavy atom. The number of hydrogen-bond acceptors (Lipinski definition) is 2. The SMILES string of the molecule is CC#N.Cc1ccccn1. The van der Waals surface area contributed by atoms with Gasteiger partial charge in [-0.05, 0) is 19.1 Å². The van der Waals surface area contributed by atoms with Gasteiger partial charge in [0, 0.05) is 18.8 Å². The summed E-state index contributed by atoms with van der Waals surface area (Å²) in [5.74, 6) is 0. The van der Waals surface area contributed by atoms with Gasteiger partial charge in [-0.2, -0.15) is 5.26 Å². The first-order chi connectivity index (χ1) is 4.81. The van der Waals surface area contributed by atoms with Crippen LogP contribution in [0.15, 0.2) is 24.4 Å². The molecule has 1 rings (SSSR count). The Morgan fingerprint density at radius 2 is 2.10 bits per heavy atom. The molecule has 0 bridgehead atoms. The van der Waals surface area contributed by atoms with Gasteiger partial charge >= 0.3 is 0 Å². The molecule has 0 aliphatic carbocycles. The summed E-state index contributed by atoms with van der Waals surface area (Å²) in [7, 11) is 0. The van der Waals surface area contributed by atoms with Gasteiger partial charge in [-0.25, -0.2) is 0 Å². The van der Waals surface area contributed by atoms with E-state index in [1.807, 2.05) is 25.1 Å². The predicted octanol–water partition coefficient (Wildman–Crippen LogP) is 1.92. The molecular formula is C8H10N2. The molecule has 0 aliphatic rings. The Hall–Kier alpha value is -1.36. The largest absolute Gasteiger partial charge is 0.262 e. The average Bonchev–Trinajstić information content (AvgIpc) is 1.91. The summed E-state index contributed by atoms with van der Waals surface area (Å²) >= 11 is 0. The number of nitrogens with zero attached hydrogens (tertiary/aromatic N) is 2. The molecular weight excluding hydrogens is 124 g/mol. The van der Waals surface area contributed by atoms with Gasteiger partial charge in [0.25, 0.3) is 0 Å². The summed E-state index contributed by atoms with van der Waals surface area (Å²) in [6.07, 6.45) is 1.79. The van der Waals surface area contributed by atoms with E-state index in [4.69, 9.17) is 5.26 Å². The van der Waals surface area contributed by atoms with Crippen LogP contribution in [0.3, 0.4) is 0 Å². The van der Waals surface area contributed by atoms with Crippen LogP contribution in [0.4, 0.5) is 0 Å². The fourth-order valence-corrected chi connectivity index (χ4v) is 0.448. The second-order valence-electron chi connectivity index (χ2n) is 1.69. The van der Waals surface area contributed by atoms with Gasteiger partial charge in [-0.15, -0.1) is 0 Å². The lowest BCUT2D eigenvalue weighted by Crippen LogP contribution is -1.72. The van der Waals surface area contributed by atoms with Gasteiger partial charge in [-0.3, -0.25) is 4.98 Å². The van der Waals surface area contributed by atoms with Crippen molar-refractivity contribution < 1.29 is 0 Å². The van der Waals surface area contributed by atoms with Crippen molar-refractivity contribution in [1.82, 2.24) is 4.98 Å². The lowest BCUT2D eigenvalue weighted by molar-refractivity contribution is 1.20. The summed E-state index contributed by atoms with van der Waals surface area (Å²) in [5.41, 5.74) is 1.07. The van der Waals surface area contributed by atoms with E-state index in [0.717, 1.165) is 5.69 Å². The smallest absolute Gasteiger partial charge is 0.0587 e. The zero-order valence-corrected chi connectivity index (χ0v) is 6.20. The Kier molecular flexibility index (Phi) is 4.99. The minimum absolute atomic E-state index is 1.07. The maximum atomic E-state index is 7.32. The molecule has 1 aromatic rings. The Labute approximate surface area is 61.1 Å². The van der Waals surface area contributed by atoms with Crippen LogP contribution in [0.5, 0.6) is 0 Å². The molecule has 0 spiro atoms. The van der Waals surface area contributed by atoms with Crippen molar-refractivity contribution in [2.75, 3.05) is 0 Å². The standard InChI is InChI=1S/C6H7N.C2H3N/c1-6-4-2-3-5-7-6;1-2-3/h2-5H,1H3;1H3. The monoisotopic (exact) mass is 134 g/mol. The minimum Gasteiger partial charge on any atom is -0.262 e. The molecule has 0 fully saturated rings. The van der Waals surface area contributed by atoms with Crippen LogP contribution < -0.4 is 0 Å². The van der Waals surface area contributed by atoms with Gasteiger partial charge in [0.1, 0.15) is 0 Å². The van der Waals surface area contributed by atoms with Crippen molar-refractivity contribution in [2.24, 2.45) is 0 Å². The highest BCUT2D eigenvalue weighted by Crippen LogP contribution is 1.85. The van der Waals surface area contributed by atoms with E-state index >= 15 is 0 Å². The van der Waals surface area contributed by atoms with Crippen molar-refractivity contribution in [2.45, 2.75) is 13.8 Å². The summed E-state index contributed by atoms with van der Waals surface area (Å²) in [6.45, 7) is 3.40. The molecule has 2 heteroatoms. The first-order valence-corrected chi connectivity index (χ1v) is 2.99. The molecule has 1 aromatic heterocycles. The first kappa shape index (κ1) is 8.64. The molecule has 0 N–H and O–H groups in total. The Bertz CT molecular complexity index is 198. The molecule has 0 saturated heterocycles. The molecule has 2 nitrogen and oxygen atoms in total. The number of nitriles is 1. The molecule has 0 atom stereocenters. The van der Waals surface area contributed by atoms with E-state index in [-0.39, 0.29) is 0 Å². The maximum absolute atomic E-state index is 7.32. The third-order valence-corrected chi connectivity index (χ3v) is 0.813. The quantitative estimate of drug-likeness (QED) is 0.543. The number of aryl methyl sites for hydroxylation is 1. The van der Waals surface area contributed by atoms with Crippen molar-refractivity contribution in [3.8, 4) is 6.07 Å². The van der Waals surface area contributed by atoms with Crippen LogP contribution in [0, 0.1) is 18.3 Å². The highest BCUT2D eigenvalue weighted by Gasteiger charge is 1.73. The van der Waals surface area contributed by atoms with Crippen LogP contribution in [-0.2, 0) is 0 Å². The molecule has 1 heterocycles. The van der Waals surface area contributed by atoms with Crippen molar-refractivity contribution in [3.05, 3.63) is 30.1 Å². The van der Waals surface area contributed by atoms with Crippen molar-refractivity contribution >= 4 is 0 Å². The van der Waals surface area contributed by atoms with Gasteiger partial charge in [0.2, 0.25) is 0 Å². The second kappa shape index (κ2) is 5.77. The number of pyridine rings is 1. The highest BCUT2D eigenvalue weighted by molar-refractivity contribution is 4.99. The maximum Gasteiger partial charge on any atom is 0.0587 e. The zero-order chi connectivity index (χ0) is 7.82. The van der Waals surface area contributed by atoms with E-state index in [0.29, 0.717) is 0 Å². The van der Waals surface area contributed by atoms with Crippen LogP contribution in [0.1, 0.15) is 12.6 Å². The number of aromatic nitrogens is 1. The van der Waals surface area contributed by atoms with Crippen LogP contribution >= 0.6 is 0 Å². The van der Waals surface area contributed by atoms with E-state index < -0.39 is 0 Å². The van der Waals surface area contributed by atoms with E-state index in [2.05, 4.69) is 4.98 Å². The van der Waals surface area contributed by atoms with Crippen LogP contribution in [0.25, 0.3) is 0 Å². The van der Waals surface area contributed by atoms with E-state index in [1.54, 1.807) is 12.3 Å². The highest BCUT2D eigenvalue weighted by atomic mass is 14.6. The van der Waals surface area contributed by atoms with Gasteiger partial charge in [0.15, 0.2) is 0 Å². The molecule has 0 radical (unpaired) electrons. The van der Waals surface area contributed by atoms with Crippen molar-refractivity contribution in [3.63, 3.8) is 0 Å². The average molecular weight is 134 g/mol. The van der Waals surface area contributed by atoms with E-state index in [9.17, 15) is 0 Å². The second-order valence-corrected chi connectivity index (χ2v) is 1.69. The predicted molar refractivity (Wildman–Crippen MR) is 40.3 cm³/mol. The molecule has 0 aromatic carbocycles. The van der Waals surface area contributed by atoms with Gasteiger partial charge in [0.05, 0.1) is 6.07 Å². The molecule has 0 amide bonds. The minimum atomic E-state index is 1.07. The van der Waals surface area contributed by atoms with Crippen LogP contribution in [0.2, 0.25) is 0 Å². The summed E-state index contributed by atoms with van der Waals surface area (Å²) in [6, 6.07) is 7.61. The van der Waals surface area contributed by atoms with Gasteiger partial charge < -0.3 is 0 Å². The Balaban J connectivity index is 0.000000236. The third-order valence-electron chi connectivity index (χ3n) is 0.813. The summed E-state index contributed by atoms with van der Waals surface area (Å²) < 4.78 is 0. The zero-order valence-electron chi connectivity index (χ0n) is 6.20. The third kappa shape index (κ3) is 4.79. The lowest BCUT2D eigenvalue weighted by Gasteiger charge is -1.82. The molecule has 0 unspecified atom stereocenters. The van der Waals surface area contributed by atoms with Gasteiger partial charge in [-0.1, -0.05) is 6.07 Å².